The Hall–Kier alpha value is -2.16. The minimum atomic E-state index is 0.0801. The van der Waals surface area contributed by atoms with Gasteiger partial charge in [0.1, 0.15) is 0 Å². The molecule has 0 atom stereocenters. The van der Waals surface area contributed by atoms with E-state index in [0.29, 0.717) is 10.0 Å². The fourth-order valence-electron chi connectivity index (χ4n) is 5.08. The van der Waals surface area contributed by atoms with E-state index in [2.05, 4.69) is 80.0 Å². The first-order chi connectivity index (χ1) is 15.5. The van der Waals surface area contributed by atoms with E-state index in [1.807, 2.05) is 12.1 Å². The Bertz CT molecular complexity index is 1040. The van der Waals surface area contributed by atoms with Gasteiger partial charge < -0.3 is 9.80 Å². The summed E-state index contributed by atoms with van der Waals surface area (Å²) in [6.07, 6.45) is 0.934. The average molecular weight is 467 g/mol. The van der Waals surface area contributed by atoms with Gasteiger partial charge in [-0.15, -0.1) is 0 Å². The quantitative estimate of drug-likeness (QED) is 0.274. The summed E-state index contributed by atoms with van der Waals surface area (Å²) in [4.78, 5) is 4.81. The molecule has 0 aromatic heterocycles. The van der Waals surface area contributed by atoms with Crippen LogP contribution in [0.5, 0.6) is 0 Å². The molecule has 4 rings (SSSR count). The summed E-state index contributed by atoms with van der Waals surface area (Å²) in [7, 11) is 0. The molecule has 0 aliphatic heterocycles. The summed E-state index contributed by atoms with van der Waals surface area (Å²) in [5.74, 6) is 0.0801. The van der Waals surface area contributed by atoms with Gasteiger partial charge in [-0.25, -0.2) is 0 Å². The van der Waals surface area contributed by atoms with Crippen molar-refractivity contribution in [2.24, 2.45) is 0 Å². The molecule has 2 nitrogen and oxygen atoms in total. The van der Waals surface area contributed by atoms with E-state index in [0.717, 1.165) is 38.2 Å². The molecule has 1 aliphatic rings. The number of hydrogen-bond acceptors (Lipinski definition) is 2. The van der Waals surface area contributed by atoms with Gasteiger partial charge in [-0.2, -0.15) is 0 Å². The van der Waals surface area contributed by atoms with Crippen molar-refractivity contribution in [2.45, 2.75) is 40.0 Å². The number of rotatable bonds is 7. The topological polar surface area (TPSA) is 6.48 Å². The summed E-state index contributed by atoms with van der Waals surface area (Å²) >= 11 is 13.2. The van der Waals surface area contributed by atoms with Gasteiger partial charge in [0.05, 0.1) is 10.0 Å². The van der Waals surface area contributed by atoms with Gasteiger partial charge in [0.25, 0.3) is 0 Å². The zero-order chi connectivity index (χ0) is 22.8. The molecule has 3 aromatic rings. The highest BCUT2D eigenvalue weighted by molar-refractivity contribution is 6.42. The van der Waals surface area contributed by atoms with Gasteiger partial charge in [0, 0.05) is 43.5 Å². The normalized spacial score (nSPS) is 12.9. The van der Waals surface area contributed by atoms with Crippen LogP contribution in [-0.4, -0.2) is 26.2 Å². The third kappa shape index (κ3) is 4.11. The molecule has 0 saturated carbocycles. The molecule has 1 aliphatic carbocycles. The highest BCUT2D eigenvalue weighted by atomic mass is 35.5. The van der Waals surface area contributed by atoms with Crippen LogP contribution in [-0.2, 0) is 6.42 Å². The first-order valence-corrected chi connectivity index (χ1v) is 12.5. The molecule has 0 heterocycles. The third-order valence-electron chi connectivity index (χ3n) is 6.81. The van der Waals surface area contributed by atoms with Crippen molar-refractivity contribution < 1.29 is 0 Å². The fourth-order valence-corrected chi connectivity index (χ4v) is 5.49. The molecular formula is C28H32Cl2N2. The van der Waals surface area contributed by atoms with Crippen molar-refractivity contribution in [3.8, 4) is 0 Å². The lowest BCUT2D eigenvalue weighted by Gasteiger charge is -2.33. The van der Waals surface area contributed by atoms with Crippen molar-refractivity contribution in [1.82, 2.24) is 0 Å². The Labute approximate surface area is 202 Å². The van der Waals surface area contributed by atoms with Gasteiger partial charge >= 0.3 is 0 Å². The zero-order valence-corrected chi connectivity index (χ0v) is 21.0. The second kappa shape index (κ2) is 9.77. The predicted molar refractivity (Wildman–Crippen MR) is 140 cm³/mol. The molecule has 0 fully saturated rings. The largest absolute Gasteiger partial charge is 0.372 e. The lowest BCUT2D eigenvalue weighted by molar-refractivity contribution is 0.843. The monoisotopic (exact) mass is 466 g/mol. The summed E-state index contributed by atoms with van der Waals surface area (Å²) < 4.78 is 0. The number of hydrogen-bond donors (Lipinski definition) is 0. The van der Waals surface area contributed by atoms with Crippen LogP contribution < -0.4 is 9.80 Å². The molecule has 0 spiro atoms. The van der Waals surface area contributed by atoms with Crippen molar-refractivity contribution in [3.63, 3.8) is 0 Å². The second-order valence-corrected chi connectivity index (χ2v) is 9.15. The van der Waals surface area contributed by atoms with Crippen molar-refractivity contribution in [1.29, 1.82) is 0 Å². The maximum atomic E-state index is 6.76. The molecule has 168 valence electrons. The van der Waals surface area contributed by atoms with Gasteiger partial charge in [0.15, 0.2) is 0 Å². The smallest absolute Gasteiger partial charge is 0.0633 e. The van der Waals surface area contributed by atoms with Crippen molar-refractivity contribution in [2.75, 3.05) is 36.0 Å². The molecule has 0 radical (unpaired) electrons. The standard InChI is InChI=1S/C28H32Cl2N2/c1-5-31(6-2)21-12-14-23-19(17-21)16-20-18-22(32(7-3)8-4)13-15-24(20)27(23)25-10-9-11-26(29)28(25)30/h9-15,17-18,27H,5-8,16H2,1-4H3. The fraction of sp³-hybridized carbons (Fsp3) is 0.357. The van der Waals surface area contributed by atoms with Crippen LogP contribution in [0.4, 0.5) is 11.4 Å². The van der Waals surface area contributed by atoms with E-state index in [9.17, 15) is 0 Å². The van der Waals surface area contributed by atoms with Crippen molar-refractivity contribution >= 4 is 34.6 Å². The molecule has 0 N–H and O–H groups in total. The predicted octanol–water partition coefficient (Wildman–Crippen LogP) is 7.77. The Morgan fingerprint density at radius 3 is 1.66 bits per heavy atom. The molecule has 32 heavy (non-hydrogen) atoms. The lowest BCUT2D eigenvalue weighted by Crippen LogP contribution is -2.24. The van der Waals surface area contributed by atoms with Crippen LogP contribution >= 0.6 is 23.2 Å². The Balaban J connectivity index is 1.90. The zero-order valence-electron chi connectivity index (χ0n) is 19.5. The van der Waals surface area contributed by atoms with Crippen LogP contribution in [0.15, 0.2) is 54.6 Å². The Morgan fingerprint density at radius 2 is 1.19 bits per heavy atom. The van der Waals surface area contributed by atoms with E-state index < -0.39 is 0 Å². The van der Waals surface area contributed by atoms with Crippen LogP contribution in [0, 0.1) is 0 Å². The number of nitrogens with zero attached hydrogens (tertiary/aromatic N) is 2. The van der Waals surface area contributed by atoms with Gasteiger partial charge in [-0.05, 0) is 92.3 Å². The summed E-state index contributed by atoms with van der Waals surface area (Å²) in [6, 6.07) is 19.9. The highest BCUT2D eigenvalue weighted by Crippen LogP contribution is 2.46. The van der Waals surface area contributed by atoms with Crippen molar-refractivity contribution in [3.05, 3.63) is 92.5 Å². The van der Waals surface area contributed by atoms with E-state index in [4.69, 9.17) is 23.2 Å². The number of halogens is 2. The second-order valence-electron chi connectivity index (χ2n) is 8.36. The van der Waals surface area contributed by atoms with Gasteiger partial charge in [0.2, 0.25) is 0 Å². The van der Waals surface area contributed by atoms with Crippen LogP contribution in [0.1, 0.15) is 61.4 Å². The maximum Gasteiger partial charge on any atom is 0.0633 e. The number of benzene rings is 3. The van der Waals surface area contributed by atoms with Crippen LogP contribution in [0.3, 0.4) is 0 Å². The molecule has 0 amide bonds. The summed E-state index contributed by atoms with van der Waals surface area (Å²) in [6.45, 7) is 12.9. The van der Waals surface area contributed by atoms with E-state index >= 15 is 0 Å². The average Bonchev–Trinajstić information content (AvgIpc) is 2.81. The maximum absolute atomic E-state index is 6.76. The van der Waals surface area contributed by atoms with Gasteiger partial charge in [-0.1, -0.05) is 47.5 Å². The van der Waals surface area contributed by atoms with Gasteiger partial charge in [-0.3, -0.25) is 0 Å². The molecule has 0 saturated heterocycles. The Morgan fingerprint density at radius 1 is 0.688 bits per heavy atom. The summed E-state index contributed by atoms with van der Waals surface area (Å²) in [5, 5.41) is 1.26. The highest BCUT2D eigenvalue weighted by Gasteiger charge is 2.30. The lowest BCUT2D eigenvalue weighted by atomic mass is 9.74. The van der Waals surface area contributed by atoms with E-state index in [1.54, 1.807) is 0 Å². The first-order valence-electron chi connectivity index (χ1n) is 11.7. The van der Waals surface area contributed by atoms with E-state index in [-0.39, 0.29) is 5.92 Å². The number of anilines is 2. The number of fused-ring (bicyclic) bond motifs is 2. The van der Waals surface area contributed by atoms with Crippen LogP contribution in [0.2, 0.25) is 10.0 Å². The molecule has 4 heteroatoms. The summed E-state index contributed by atoms with van der Waals surface area (Å²) in [5.41, 5.74) is 9.05. The molecule has 0 unspecified atom stereocenters. The first kappa shape index (κ1) is 23.0. The Kier molecular flexibility index (Phi) is 7.02. The van der Waals surface area contributed by atoms with Crippen LogP contribution in [0.25, 0.3) is 0 Å². The molecule has 0 bridgehead atoms. The third-order valence-corrected chi connectivity index (χ3v) is 7.64. The van der Waals surface area contributed by atoms with E-state index in [1.165, 1.54) is 33.6 Å². The minimum Gasteiger partial charge on any atom is -0.372 e. The molecular weight excluding hydrogens is 435 g/mol. The SMILES string of the molecule is CCN(CC)c1ccc2c(c1)Cc1cc(N(CC)CC)ccc1C2c1cccc(Cl)c1Cl. The molecule has 3 aromatic carbocycles. The minimum absolute atomic E-state index is 0.0801.